The first-order chi connectivity index (χ1) is 7.48. The topological polar surface area (TPSA) is 57.2 Å². The van der Waals surface area contributed by atoms with Crippen LogP contribution in [0.15, 0.2) is 0 Å². The average molecular weight is 283 g/mol. The smallest absolute Gasteiger partial charge is 0.399 e. The number of unbranched alkanes of at least 4 members (excludes halogenated alkanes) is 2. The van der Waals surface area contributed by atoms with Crippen molar-refractivity contribution < 1.29 is 34.9 Å². The summed E-state index contributed by atoms with van der Waals surface area (Å²) < 4.78 is 93.6. The summed E-state index contributed by atoms with van der Waals surface area (Å²) in [7, 11) is -6.61. The molecule has 0 N–H and O–H groups in total. The van der Waals surface area contributed by atoms with Gasteiger partial charge >= 0.3 is 11.2 Å². The molecular weight excluding hydrogens is 271 g/mol. The lowest BCUT2D eigenvalue weighted by molar-refractivity contribution is -0.198. The van der Waals surface area contributed by atoms with Crippen molar-refractivity contribution in [3.8, 4) is 0 Å². The van der Waals surface area contributed by atoms with E-state index in [2.05, 4.69) is 0 Å². The molecular formula is C8H12F5O3S-. The molecule has 0 spiro atoms. The summed E-state index contributed by atoms with van der Waals surface area (Å²) in [4.78, 5) is 0. The van der Waals surface area contributed by atoms with Gasteiger partial charge in [-0.3, -0.25) is 0 Å². The lowest BCUT2D eigenvalue weighted by Crippen LogP contribution is -2.52. The number of rotatable bonds is 7. The van der Waals surface area contributed by atoms with Crippen LogP contribution < -0.4 is 0 Å². The van der Waals surface area contributed by atoms with E-state index in [-0.39, 0.29) is 6.42 Å². The lowest BCUT2D eigenvalue weighted by Gasteiger charge is -2.30. The fraction of sp³-hybridized carbons (Fsp3) is 1.00. The zero-order valence-corrected chi connectivity index (χ0v) is 9.75. The van der Waals surface area contributed by atoms with E-state index in [9.17, 15) is 34.9 Å². The molecule has 0 bridgehead atoms. The van der Waals surface area contributed by atoms with Crippen molar-refractivity contribution in [2.75, 3.05) is 0 Å². The fourth-order valence-electron chi connectivity index (χ4n) is 1.10. The number of hydrogen-bond donors (Lipinski definition) is 0. The van der Waals surface area contributed by atoms with Crippen molar-refractivity contribution in [1.82, 2.24) is 0 Å². The number of hydrogen-bond acceptors (Lipinski definition) is 3. The standard InChI is InChI=1S/C8H13F5O3S/c1-2-3-4-5-6(9)7(10,11)8(12,13)17(14,15)16/h6H,2-5H2,1H3,(H,14,15,16)/p-1. The Labute approximate surface area is 95.8 Å². The molecule has 0 aromatic carbocycles. The van der Waals surface area contributed by atoms with E-state index < -0.39 is 33.9 Å². The lowest BCUT2D eigenvalue weighted by atomic mass is 10.1. The van der Waals surface area contributed by atoms with Crippen LogP contribution in [0.4, 0.5) is 22.0 Å². The highest BCUT2D eigenvalue weighted by Gasteiger charge is 2.66. The van der Waals surface area contributed by atoms with Crippen LogP contribution >= 0.6 is 0 Å². The van der Waals surface area contributed by atoms with E-state index in [1.807, 2.05) is 0 Å². The van der Waals surface area contributed by atoms with E-state index in [0.717, 1.165) is 0 Å². The highest BCUT2D eigenvalue weighted by atomic mass is 32.2. The minimum atomic E-state index is -6.61. The van der Waals surface area contributed by atoms with Crippen molar-refractivity contribution in [3.05, 3.63) is 0 Å². The van der Waals surface area contributed by atoms with Crippen molar-refractivity contribution in [2.45, 2.75) is 50.0 Å². The van der Waals surface area contributed by atoms with Crippen LogP contribution in [0.1, 0.15) is 32.6 Å². The summed E-state index contributed by atoms with van der Waals surface area (Å²) in [6.45, 7) is 1.68. The summed E-state index contributed by atoms with van der Waals surface area (Å²) in [5, 5.41) is -5.94. The second-order valence-electron chi connectivity index (χ2n) is 3.56. The van der Waals surface area contributed by atoms with E-state index in [4.69, 9.17) is 0 Å². The Bertz CT molecular complexity index is 341. The Morgan fingerprint density at radius 3 is 2.00 bits per heavy atom. The van der Waals surface area contributed by atoms with Gasteiger partial charge in [0.1, 0.15) is 0 Å². The third kappa shape index (κ3) is 3.51. The molecule has 0 aliphatic rings. The Kier molecular flexibility index (Phi) is 5.33. The molecule has 3 nitrogen and oxygen atoms in total. The zero-order valence-electron chi connectivity index (χ0n) is 8.93. The third-order valence-electron chi connectivity index (χ3n) is 2.16. The maximum Gasteiger partial charge on any atom is 0.399 e. The van der Waals surface area contributed by atoms with E-state index >= 15 is 0 Å². The van der Waals surface area contributed by atoms with Gasteiger partial charge < -0.3 is 4.55 Å². The SMILES string of the molecule is CCCCCC(F)C(F)(F)C(F)(F)S(=O)(=O)[O-]. The summed E-state index contributed by atoms with van der Waals surface area (Å²) in [5.74, 6) is -5.51. The van der Waals surface area contributed by atoms with Gasteiger partial charge in [0.05, 0.1) is 0 Å². The molecule has 17 heavy (non-hydrogen) atoms. The summed E-state index contributed by atoms with van der Waals surface area (Å²) >= 11 is 0. The maximum atomic E-state index is 12.9. The largest absolute Gasteiger partial charge is 0.743 e. The maximum absolute atomic E-state index is 12.9. The van der Waals surface area contributed by atoms with Gasteiger partial charge in [0.25, 0.3) is 0 Å². The molecule has 0 amide bonds. The third-order valence-corrected chi connectivity index (χ3v) is 3.06. The van der Waals surface area contributed by atoms with Gasteiger partial charge in [0, 0.05) is 0 Å². The van der Waals surface area contributed by atoms with Gasteiger partial charge in [-0.15, -0.1) is 0 Å². The van der Waals surface area contributed by atoms with Gasteiger partial charge in [0.2, 0.25) is 0 Å². The van der Waals surface area contributed by atoms with Crippen molar-refractivity contribution in [3.63, 3.8) is 0 Å². The molecule has 0 saturated heterocycles. The van der Waals surface area contributed by atoms with Crippen LogP contribution in [0.3, 0.4) is 0 Å². The van der Waals surface area contributed by atoms with E-state index in [1.165, 1.54) is 0 Å². The molecule has 0 aromatic heterocycles. The van der Waals surface area contributed by atoms with Gasteiger partial charge in [-0.2, -0.15) is 17.6 Å². The molecule has 0 aliphatic carbocycles. The van der Waals surface area contributed by atoms with Crippen molar-refractivity contribution in [2.24, 2.45) is 0 Å². The second kappa shape index (κ2) is 5.47. The Balaban J connectivity index is 4.88. The molecule has 1 unspecified atom stereocenters. The monoisotopic (exact) mass is 283 g/mol. The van der Waals surface area contributed by atoms with Crippen LogP contribution in [-0.4, -0.2) is 30.3 Å². The number of alkyl halides is 5. The summed E-state index contributed by atoms with van der Waals surface area (Å²) in [5.41, 5.74) is 0. The Hall–Kier alpha value is -0.440. The minimum Gasteiger partial charge on any atom is -0.743 e. The molecule has 0 saturated carbocycles. The van der Waals surface area contributed by atoms with Crippen LogP contribution in [0.5, 0.6) is 0 Å². The van der Waals surface area contributed by atoms with E-state index in [1.54, 1.807) is 6.92 Å². The van der Waals surface area contributed by atoms with Crippen molar-refractivity contribution in [1.29, 1.82) is 0 Å². The van der Waals surface area contributed by atoms with Crippen LogP contribution in [0.2, 0.25) is 0 Å². The predicted molar refractivity (Wildman–Crippen MR) is 48.6 cm³/mol. The average Bonchev–Trinajstić information content (AvgIpc) is 2.15. The quantitative estimate of drug-likeness (QED) is 0.410. The number of halogens is 5. The van der Waals surface area contributed by atoms with E-state index in [0.29, 0.717) is 12.8 Å². The molecule has 1 atom stereocenters. The van der Waals surface area contributed by atoms with Crippen LogP contribution in [0.25, 0.3) is 0 Å². The highest BCUT2D eigenvalue weighted by Crippen LogP contribution is 2.43. The molecule has 0 aromatic rings. The van der Waals surface area contributed by atoms with Gasteiger partial charge in [0.15, 0.2) is 16.3 Å². The molecule has 0 fully saturated rings. The first-order valence-corrected chi connectivity index (χ1v) is 6.24. The highest BCUT2D eigenvalue weighted by molar-refractivity contribution is 7.86. The van der Waals surface area contributed by atoms with Gasteiger partial charge in [-0.05, 0) is 6.42 Å². The summed E-state index contributed by atoms with van der Waals surface area (Å²) in [6.07, 6.45) is -3.50. The fourth-order valence-corrected chi connectivity index (χ4v) is 1.57. The molecule has 9 heteroatoms. The van der Waals surface area contributed by atoms with Gasteiger partial charge in [-0.25, -0.2) is 12.8 Å². The molecule has 104 valence electrons. The first kappa shape index (κ1) is 16.6. The Morgan fingerprint density at radius 1 is 1.18 bits per heavy atom. The predicted octanol–water partition coefficient (Wildman–Crippen LogP) is 2.68. The minimum absolute atomic E-state index is 0.0950. The molecule has 0 radical (unpaired) electrons. The normalized spacial score (nSPS) is 15.9. The van der Waals surface area contributed by atoms with Crippen LogP contribution in [-0.2, 0) is 10.1 Å². The molecule has 0 heterocycles. The summed E-state index contributed by atoms with van der Waals surface area (Å²) in [6, 6.07) is 0. The van der Waals surface area contributed by atoms with Gasteiger partial charge in [-0.1, -0.05) is 26.2 Å². The molecule has 0 rings (SSSR count). The first-order valence-electron chi connectivity index (χ1n) is 4.83. The zero-order chi connectivity index (χ0) is 13.9. The second-order valence-corrected chi connectivity index (χ2v) is 4.98. The molecule has 0 aliphatic heterocycles. The van der Waals surface area contributed by atoms with Crippen LogP contribution in [0, 0.1) is 0 Å². The van der Waals surface area contributed by atoms with Crippen molar-refractivity contribution >= 4 is 10.1 Å². The Morgan fingerprint density at radius 2 is 1.65 bits per heavy atom.